The normalized spacial score (nSPS) is 15.5. The molecule has 0 aliphatic heterocycles. The second-order valence-electron chi connectivity index (χ2n) is 5.96. The SMILES string of the molecule is O=C(Cn1nnc(-c2cccs2)n1)NCCCOC1CCCCC1. The fourth-order valence-corrected chi connectivity index (χ4v) is 3.43. The van der Waals surface area contributed by atoms with Crippen LogP contribution in [0.4, 0.5) is 0 Å². The lowest BCUT2D eigenvalue weighted by atomic mass is 9.98. The molecule has 1 aliphatic rings. The number of ether oxygens (including phenoxy) is 1. The van der Waals surface area contributed by atoms with E-state index < -0.39 is 0 Å². The van der Waals surface area contributed by atoms with Gasteiger partial charge in [-0.3, -0.25) is 4.79 Å². The van der Waals surface area contributed by atoms with Crippen LogP contribution in [0.25, 0.3) is 10.7 Å². The molecule has 1 N–H and O–H groups in total. The maximum Gasteiger partial charge on any atom is 0.243 e. The lowest BCUT2D eigenvalue weighted by Gasteiger charge is -2.21. The zero-order valence-electron chi connectivity index (χ0n) is 13.7. The summed E-state index contributed by atoms with van der Waals surface area (Å²) in [6.45, 7) is 1.40. The Hall–Kier alpha value is -1.80. The van der Waals surface area contributed by atoms with Crippen molar-refractivity contribution in [3.63, 3.8) is 0 Å². The van der Waals surface area contributed by atoms with Crippen LogP contribution in [0.5, 0.6) is 0 Å². The van der Waals surface area contributed by atoms with Gasteiger partial charge in [-0.15, -0.1) is 21.5 Å². The van der Waals surface area contributed by atoms with E-state index in [1.807, 2.05) is 17.5 Å². The molecule has 1 saturated carbocycles. The molecule has 7 nitrogen and oxygen atoms in total. The minimum absolute atomic E-state index is 0.0852. The summed E-state index contributed by atoms with van der Waals surface area (Å²) in [6.07, 6.45) is 7.49. The number of nitrogens with one attached hydrogen (secondary N) is 1. The summed E-state index contributed by atoms with van der Waals surface area (Å²) in [5.74, 6) is 0.446. The van der Waals surface area contributed by atoms with Gasteiger partial charge in [-0.2, -0.15) is 4.80 Å². The van der Waals surface area contributed by atoms with Gasteiger partial charge < -0.3 is 10.1 Å². The summed E-state index contributed by atoms with van der Waals surface area (Å²) < 4.78 is 5.84. The minimum Gasteiger partial charge on any atom is -0.378 e. The monoisotopic (exact) mass is 349 g/mol. The maximum atomic E-state index is 11.9. The molecule has 1 aliphatic carbocycles. The predicted molar refractivity (Wildman–Crippen MR) is 91.6 cm³/mol. The Bertz CT molecular complexity index is 622. The average Bonchev–Trinajstić information content (AvgIpc) is 3.27. The van der Waals surface area contributed by atoms with Crippen LogP contribution in [0, 0.1) is 0 Å². The molecule has 0 spiro atoms. The fraction of sp³-hybridized carbons (Fsp3) is 0.625. The van der Waals surface area contributed by atoms with Crippen LogP contribution >= 0.6 is 11.3 Å². The summed E-state index contributed by atoms with van der Waals surface area (Å²) in [4.78, 5) is 14.2. The van der Waals surface area contributed by atoms with Crippen molar-refractivity contribution < 1.29 is 9.53 Å². The Balaban J connectivity index is 1.31. The number of aromatic nitrogens is 4. The van der Waals surface area contributed by atoms with Gasteiger partial charge in [0.15, 0.2) is 0 Å². The van der Waals surface area contributed by atoms with Gasteiger partial charge in [0.2, 0.25) is 11.7 Å². The van der Waals surface area contributed by atoms with Crippen molar-refractivity contribution in [2.75, 3.05) is 13.2 Å². The molecule has 130 valence electrons. The molecular weight excluding hydrogens is 326 g/mol. The first-order valence-electron chi connectivity index (χ1n) is 8.51. The number of nitrogens with zero attached hydrogens (tertiary/aromatic N) is 4. The molecule has 0 saturated heterocycles. The third-order valence-electron chi connectivity index (χ3n) is 4.03. The van der Waals surface area contributed by atoms with Crippen LogP contribution in [-0.2, 0) is 16.1 Å². The number of carbonyl (C=O) groups excluding carboxylic acids is 1. The molecule has 1 fully saturated rings. The topological polar surface area (TPSA) is 81.9 Å². The number of carbonyl (C=O) groups is 1. The molecule has 2 aromatic rings. The van der Waals surface area contributed by atoms with E-state index in [1.54, 1.807) is 11.3 Å². The van der Waals surface area contributed by atoms with Crippen LogP contribution in [0.2, 0.25) is 0 Å². The van der Waals surface area contributed by atoms with Crippen molar-refractivity contribution in [1.29, 1.82) is 0 Å². The lowest BCUT2D eigenvalue weighted by Crippen LogP contribution is -2.30. The second kappa shape index (κ2) is 8.89. The van der Waals surface area contributed by atoms with Crippen molar-refractivity contribution >= 4 is 17.2 Å². The lowest BCUT2D eigenvalue weighted by molar-refractivity contribution is -0.122. The van der Waals surface area contributed by atoms with Gasteiger partial charge in [0.1, 0.15) is 6.54 Å². The van der Waals surface area contributed by atoms with Crippen molar-refractivity contribution in [1.82, 2.24) is 25.5 Å². The van der Waals surface area contributed by atoms with E-state index in [0.717, 1.165) is 11.3 Å². The Morgan fingerprint density at radius 3 is 3.04 bits per heavy atom. The van der Waals surface area contributed by atoms with Crippen LogP contribution < -0.4 is 5.32 Å². The van der Waals surface area contributed by atoms with E-state index in [2.05, 4.69) is 20.7 Å². The van der Waals surface area contributed by atoms with Crippen LogP contribution in [0.3, 0.4) is 0 Å². The molecule has 1 amide bonds. The van der Waals surface area contributed by atoms with E-state index in [-0.39, 0.29) is 12.5 Å². The third kappa shape index (κ3) is 5.10. The molecule has 8 heteroatoms. The highest BCUT2D eigenvalue weighted by Crippen LogP contribution is 2.20. The second-order valence-corrected chi connectivity index (χ2v) is 6.90. The molecule has 0 unspecified atom stereocenters. The highest BCUT2D eigenvalue weighted by molar-refractivity contribution is 7.13. The van der Waals surface area contributed by atoms with Crippen LogP contribution in [0.1, 0.15) is 38.5 Å². The summed E-state index contributed by atoms with van der Waals surface area (Å²) in [5.41, 5.74) is 0. The molecule has 3 rings (SSSR count). The highest BCUT2D eigenvalue weighted by Gasteiger charge is 2.13. The van der Waals surface area contributed by atoms with Gasteiger partial charge in [0.05, 0.1) is 11.0 Å². The van der Waals surface area contributed by atoms with Crippen molar-refractivity contribution in [2.24, 2.45) is 0 Å². The largest absolute Gasteiger partial charge is 0.378 e. The molecule has 0 atom stereocenters. The van der Waals surface area contributed by atoms with Crippen molar-refractivity contribution in [3.05, 3.63) is 17.5 Å². The molecule has 0 radical (unpaired) electrons. The zero-order chi connectivity index (χ0) is 16.6. The van der Waals surface area contributed by atoms with Gasteiger partial charge in [0, 0.05) is 13.2 Å². The zero-order valence-corrected chi connectivity index (χ0v) is 14.5. The number of hydrogen-bond donors (Lipinski definition) is 1. The van der Waals surface area contributed by atoms with E-state index in [1.165, 1.54) is 36.9 Å². The Morgan fingerprint density at radius 2 is 2.25 bits per heavy atom. The Labute approximate surface area is 145 Å². The minimum atomic E-state index is -0.109. The van der Waals surface area contributed by atoms with Gasteiger partial charge in [-0.05, 0) is 35.9 Å². The summed E-state index contributed by atoms with van der Waals surface area (Å²) >= 11 is 1.55. The van der Waals surface area contributed by atoms with E-state index >= 15 is 0 Å². The highest BCUT2D eigenvalue weighted by atomic mass is 32.1. The van der Waals surface area contributed by atoms with E-state index in [4.69, 9.17) is 4.74 Å². The summed E-state index contributed by atoms with van der Waals surface area (Å²) in [7, 11) is 0. The Morgan fingerprint density at radius 1 is 1.38 bits per heavy atom. The molecule has 2 aromatic heterocycles. The number of rotatable bonds is 8. The standard InChI is InChI=1S/C16H23N5O2S/c22-15(17-9-5-10-23-13-6-2-1-3-7-13)12-21-19-16(18-20-21)14-8-4-11-24-14/h4,8,11,13H,1-3,5-7,9-10,12H2,(H,17,22). The average molecular weight is 349 g/mol. The van der Waals surface area contributed by atoms with Crippen molar-refractivity contribution in [2.45, 2.75) is 51.2 Å². The Kier molecular flexibility index (Phi) is 6.31. The molecular formula is C16H23N5O2S. The number of tetrazole rings is 1. The van der Waals surface area contributed by atoms with Gasteiger partial charge in [-0.25, -0.2) is 0 Å². The summed E-state index contributed by atoms with van der Waals surface area (Å²) in [5, 5.41) is 16.9. The maximum absolute atomic E-state index is 11.9. The number of hydrogen-bond acceptors (Lipinski definition) is 6. The van der Waals surface area contributed by atoms with Gasteiger partial charge in [-0.1, -0.05) is 25.3 Å². The molecule has 0 bridgehead atoms. The van der Waals surface area contributed by atoms with Crippen LogP contribution in [-0.4, -0.2) is 45.4 Å². The fourth-order valence-electron chi connectivity index (χ4n) is 2.78. The van der Waals surface area contributed by atoms with E-state index in [9.17, 15) is 4.79 Å². The first-order valence-corrected chi connectivity index (χ1v) is 9.39. The van der Waals surface area contributed by atoms with E-state index in [0.29, 0.717) is 25.1 Å². The quantitative estimate of drug-likeness (QED) is 0.739. The predicted octanol–water partition coefficient (Wildman–Crippen LogP) is 2.26. The first-order chi connectivity index (χ1) is 11.8. The molecule has 24 heavy (non-hydrogen) atoms. The molecule has 0 aromatic carbocycles. The first kappa shape index (κ1) is 17.0. The smallest absolute Gasteiger partial charge is 0.243 e. The van der Waals surface area contributed by atoms with Crippen LogP contribution in [0.15, 0.2) is 17.5 Å². The van der Waals surface area contributed by atoms with Gasteiger partial charge in [0.25, 0.3) is 0 Å². The van der Waals surface area contributed by atoms with Gasteiger partial charge >= 0.3 is 0 Å². The number of thiophene rings is 1. The van der Waals surface area contributed by atoms with Crippen molar-refractivity contribution in [3.8, 4) is 10.7 Å². The number of amides is 1. The third-order valence-corrected chi connectivity index (χ3v) is 4.89. The summed E-state index contributed by atoms with van der Waals surface area (Å²) in [6, 6.07) is 3.86. The molecule has 2 heterocycles.